The third-order valence-electron chi connectivity index (χ3n) is 17.5. The van der Waals surface area contributed by atoms with Crippen LogP contribution in [-0.2, 0) is 65.4 Å². The van der Waals surface area contributed by atoms with Crippen LogP contribution in [0.15, 0.2) is 0 Å². The van der Waals surface area contributed by atoms with Crippen molar-refractivity contribution in [3.8, 4) is 0 Å². The van der Waals surface area contributed by atoms with Crippen LogP contribution in [0.2, 0.25) is 0 Å². The van der Waals surface area contributed by atoms with Crippen LogP contribution in [0.5, 0.6) is 0 Å². The summed E-state index contributed by atoms with van der Waals surface area (Å²) in [5, 5.41) is 10.6. The largest absolute Gasteiger partial charge is 0.472 e. The van der Waals surface area contributed by atoms with Crippen molar-refractivity contribution in [3.05, 3.63) is 0 Å². The molecule has 19 heteroatoms. The highest BCUT2D eigenvalue weighted by Crippen LogP contribution is 2.45. The number of carbonyl (C=O) groups excluding carboxylic acids is 4. The van der Waals surface area contributed by atoms with E-state index in [4.69, 9.17) is 37.0 Å². The first-order valence-electron chi connectivity index (χ1n) is 39.1. The summed E-state index contributed by atoms with van der Waals surface area (Å²) >= 11 is 0. The number of aliphatic hydroxyl groups is 1. The molecule has 0 aliphatic carbocycles. The molecule has 0 aliphatic rings. The minimum absolute atomic E-state index is 0.104. The Labute approximate surface area is 575 Å². The smallest absolute Gasteiger partial charge is 0.462 e. The van der Waals surface area contributed by atoms with Crippen LogP contribution in [0.1, 0.15) is 394 Å². The molecule has 0 saturated carbocycles. The first-order chi connectivity index (χ1) is 45.5. The summed E-state index contributed by atoms with van der Waals surface area (Å²) in [6.07, 6.45) is 57.1. The van der Waals surface area contributed by atoms with Gasteiger partial charge < -0.3 is 33.8 Å². The summed E-state index contributed by atoms with van der Waals surface area (Å²) in [6, 6.07) is 0. The van der Waals surface area contributed by atoms with E-state index in [-0.39, 0.29) is 25.7 Å². The lowest BCUT2D eigenvalue weighted by Crippen LogP contribution is -2.30. The van der Waals surface area contributed by atoms with Gasteiger partial charge in [0.1, 0.15) is 19.3 Å². The van der Waals surface area contributed by atoms with E-state index >= 15 is 0 Å². The van der Waals surface area contributed by atoms with E-state index < -0.39 is 97.5 Å². The number of esters is 4. The monoisotopic (exact) mass is 1380 g/mol. The molecule has 0 fully saturated rings. The lowest BCUT2D eigenvalue weighted by Gasteiger charge is -2.21. The predicted molar refractivity (Wildman–Crippen MR) is 382 cm³/mol. The zero-order valence-corrected chi connectivity index (χ0v) is 62.9. The van der Waals surface area contributed by atoms with E-state index in [1.165, 1.54) is 218 Å². The van der Waals surface area contributed by atoms with Crippen molar-refractivity contribution < 1.29 is 80.2 Å². The Morgan fingerprint density at radius 1 is 0.287 bits per heavy atom. The first kappa shape index (κ1) is 92.1. The van der Waals surface area contributed by atoms with Crippen molar-refractivity contribution >= 4 is 39.5 Å². The zero-order valence-electron chi connectivity index (χ0n) is 61.1. The molecule has 0 spiro atoms. The number of rotatable bonds is 75. The van der Waals surface area contributed by atoms with Gasteiger partial charge in [0.15, 0.2) is 12.2 Å². The van der Waals surface area contributed by atoms with Gasteiger partial charge in [-0.2, -0.15) is 0 Å². The molecule has 2 unspecified atom stereocenters. The number of hydrogen-bond acceptors (Lipinski definition) is 15. The Kier molecular flexibility index (Phi) is 66.8. The summed E-state index contributed by atoms with van der Waals surface area (Å²) in [4.78, 5) is 72.7. The fourth-order valence-corrected chi connectivity index (χ4v) is 13.1. The van der Waals surface area contributed by atoms with Gasteiger partial charge in [-0.3, -0.25) is 37.3 Å². The van der Waals surface area contributed by atoms with Crippen molar-refractivity contribution in [2.75, 3.05) is 39.6 Å². The maximum absolute atomic E-state index is 13.1. The van der Waals surface area contributed by atoms with E-state index in [1.54, 1.807) is 0 Å². The maximum atomic E-state index is 13.1. The summed E-state index contributed by atoms with van der Waals surface area (Å²) in [5.74, 6) is -1.42. The van der Waals surface area contributed by atoms with Crippen molar-refractivity contribution in [1.82, 2.24) is 0 Å². The van der Waals surface area contributed by atoms with Gasteiger partial charge in [-0.05, 0) is 31.6 Å². The van der Waals surface area contributed by atoms with Crippen molar-refractivity contribution in [2.24, 2.45) is 5.92 Å². The van der Waals surface area contributed by atoms with Gasteiger partial charge in [-0.15, -0.1) is 0 Å². The van der Waals surface area contributed by atoms with E-state index in [0.29, 0.717) is 31.6 Å². The van der Waals surface area contributed by atoms with Gasteiger partial charge >= 0.3 is 39.5 Å². The molecule has 0 aliphatic heterocycles. The minimum Gasteiger partial charge on any atom is -0.462 e. The van der Waals surface area contributed by atoms with E-state index in [2.05, 4.69) is 34.6 Å². The van der Waals surface area contributed by atoms with Crippen LogP contribution in [0.3, 0.4) is 0 Å². The molecule has 0 heterocycles. The summed E-state index contributed by atoms with van der Waals surface area (Å²) in [5.41, 5.74) is 0. The molecule has 558 valence electrons. The second kappa shape index (κ2) is 68.2. The SMILES string of the molecule is CCCCCCCCCCCCCCCCCCCCCC(=O)O[C@H](COC(=O)CCCCCCCCCCCCCCCCCC)COP(=O)(O)OC[C@@H](O)COP(=O)(O)OC[C@@H](COC(=O)CCCCCCCCCCC)OC(=O)CCCCCCCCCC(C)C. The Hall–Kier alpha value is -1.94. The topological polar surface area (TPSA) is 237 Å². The molecule has 0 saturated heterocycles. The maximum Gasteiger partial charge on any atom is 0.472 e. The molecule has 3 N–H and O–H groups in total. The molecule has 0 aromatic carbocycles. The highest BCUT2D eigenvalue weighted by atomic mass is 31.2. The van der Waals surface area contributed by atoms with Gasteiger partial charge in [-0.1, -0.05) is 343 Å². The number of aliphatic hydroxyl groups excluding tert-OH is 1. The second-order valence-corrected chi connectivity index (χ2v) is 30.4. The van der Waals surface area contributed by atoms with Crippen LogP contribution in [0, 0.1) is 5.92 Å². The standard InChI is InChI=1S/C75H146O17P2/c1-6-9-12-15-18-21-23-25-27-29-30-31-33-35-37-40-45-50-55-60-74(79)91-70(64-86-73(78)59-54-49-44-39-36-34-32-28-26-24-22-19-16-13-10-7-2)66-89-93(81,82)87-62-69(76)63-88-94(83,84)90-67-71(65-85-72(77)58-53-48-43-38-20-17-14-11-8-3)92-75(80)61-56-51-46-41-42-47-52-57-68(4)5/h68-71,76H,6-67H2,1-5H3,(H,81,82)(H,83,84)/t69-,70-,71-/m1/s1. The highest BCUT2D eigenvalue weighted by Gasteiger charge is 2.30. The van der Waals surface area contributed by atoms with Gasteiger partial charge in [-0.25, -0.2) is 9.13 Å². The number of ether oxygens (including phenoxy) is 4. The van der Waals surface area contributed by atoms with E-state index in [9.17, 15) is 43.2 Å². The van der Waals surface area contributed by atoms with E-state index in [1.807, 2.05) is 0 Å². The van der Waals surface area contributed by atoms with Crippen LogP contribution < -0.4 is 0 Å². The van der Waals surface area contributed by atoms with Gasteiger partial charge in [0.05, 0.1) is 26.4 Å². The zero-order chi connectivity index (χ0) is 69.1. The number of phosphoric ester groups is 2. The average Bonchev–Trinajstić information content (AvgIpc) is 1.54. The highest BCUT2D eigenvalue weighted by molar-refractivity contribution is 7.47. The fraction of sp³-hybridized carbons (Fsp3) is 0.947. The lowest BCUT2D eigenvalue weighted by molar-refractivity contribution is -0.161. The molecular formula is C75H146O17P2. The van der Waals surface area contributed by atoms with Gasteiger partial charge in [0.25, 0.3) is 0 Å². The third-order valence-corrected chi connectivity index (χ3v) is 19.4. The number of unbranched alkanes of at least 4 members (excludes halogenated alkanes) is 47. The Bertz CT molecular complexity index is 1810. The van der Waals surface area contributed by atoms with Crippen LogP contribution in [-0.4, -0.2) is 96.7 Å². The molecule has 0 amide bonds. The molecule has 0 aromatic rings. The van der Waals surface area contributed by atoms with Crippen LogP contribution >= 0.6 is 15.6 Å². The molecule has 5 atom stereocenters. The number of hydrogen-bond donors (Lipinski definition) is 3. The predicted octanol–water partition coefficient (Wildman–Crippen LogP) is 22.1. The van der Waals surface area contributed by atoms with Crippen LogP contribution in [0.25, 0.3) is 0 Å². The Balaban J connectivity index is 5.20. The lowest BCUT2D eigenvalue weighted by atomic mass is 10.0. The second-order valence-electron chi connectivity index (χ2n) is 27.5. The van der Waals surface area contributed by atoms with E-state index in [0.717, 1.165) is 89.9 Å². The molecule has 0 bridgehead atoms. The van der Waals surface area contributed by atoms with Crippen molar-refractivity contribution in [2.45, 2.75) is 412 Å². The average molecular weight is 1380 g/mol. The summed E-state index contributed by atoms with van der Waals surface area (Å²) in [6.45, 7) is 7.21. The molecule has 94 heavy (non-hydrogen) atoms. The summed E-state index contributed by atoms with van der Waals surface area (Å²) in [7, 11) is -9.90. The normalized spacial score (nSPS) is 14.0. The third kappa shape index (κ3) is 68.6. The number of carbonyl (C=O) groups is 4. The van der Waals surface area contributed by atoms with Crippen molar-refractivity contribution in [3.63, 3.8) is 0 Å². The molecule has 0 radical (unpaired) electrons. The molecule has 17 nitrogen and oxygen atoms in total. The summed E-state index contributed by atoms with van der Waals surface area (Å²) < 4.78 is 68.4. The molecular weight excluding hydrogens is 1230 g/mol. The Morgan fingerprint density at radius 3 is 0.723 bits per heavy atom. The van der Waals surface area contributed by atoms with Gasteiger partial charge in [0.2, 0.25) is 0 Å². The number of phosphoric acid groups is 2. The molecule has 0 aromatic heterocycles. The van der Waals surface area contributed by atoms with Crippen LogP contribution in [0.4, 0.5) is 0 Å². The first-order valence-corrected chi connectivity index (χ1v) is 42.1. The Morgan fingerprint density at radius 2 is 0.489 bits per heavy atom. The quantitative estimate of drug-likeness (QED) is 0.0222. The van der Waals surface area contributed by atoms with Gasteiger partial charge in [0, 0.05) is 25.7 Å². The van der Waals surface area contributed by atoms with Crippen molar-refractivity contribution in [1.29, 1.82) is 0 Å². The fourth-order valence-electron chi connectivity index (χ4n) is 11.5. The minimum atomic E-state index is -4.96. The molecule has 0 rings (SSSR count).